The van der Waals surface area contributed by atoms with Crippen molar-refractivity contribution < 1.29 is 28.9 Å². The number of carbonyl (C=O) groups is 2. The summed E-state index contributed by atoms with van der Waals surface area (Å²) in [7, 11) is 1.22. The highest BCUT2D eigenvalue weighted by Crippen LogP contribution is 2.35. The standard InChI is InChI=1S/C21H23FN2O5/c1-29-20(27)19(14-2-4-15(22)5-3-14)23-21(28)24-10-8-13(9-11-24)17-7-6-16(25)12-18(17)26/h2-7,12-13,19,25-26H,8-11H2,1H3,(H,23,28)/t19-/m0/s1. The average Bonchev–Trinajstić information content (AvgIpc) is 2.72. The number of methoxy groups -OCH3 is 1. The number of phenolic OH excluding ortho intramolecular Hbond substituents is 2. The van der Waals surface area contributed by atoms with Crippen LogP contribution in [0.25, 0.3) is 0 Å². The summed E-state index contributed by atoms with van der Waals surface area (Å²) in [6.07, 6.45) is 1.26. The van der Waals surface area contributed by atoms with E-state index in [0.717, 1.165) is 5.56 Å². The molecule has 1 aliphatic heterocycles. The summed E-state index contributed by atoms with van der Waals surface area (Å²) in [4.78, 5) is 26.4. The summed E-state index contributed by atoms with van der Waals surface area (Å²) in [5, 5.41) is 22.1. The number of phenols is 2. The molecule has 2 aromatic rings. The molecule has 0 spiro atoms. The molecular weight excluding hydrogens is 379 g/mol. The fourth-order valence-electron chi connectivity index (χ4n) is 3.54. The molecule has 29 heavy (non-hydrogen) atoms. The Morgan fingerprint density at radius 3 is 2.38 bits per heavy atom. The predicted octanol–water partition coefficient (Wildman–Crippen LogP) is 3.04. The first-order valence-electron chi connectivity index (χ1n) is 9.29. The summed E-state index contributed by atoms with van der Waals surface area (Å²) in [5.74, 6) is -0.988. The minimum absolute atomic E-state index is 0.00212. The van der Waals surface area contributed by atoms with Crippen LogP contribution in [0.2, 0.25) is 0 Å². The summed E-state index contributed by atoms with van der Waals surface area (Å²) < 4.78 is 17.9. The fourth-order valence-corrected chi connectivity index (χ4v) is 3.54. The van der Waals surface area contributed by atoms with Gasteiger partial charge in [-0.2, -0.15) is 0 Å². The van der Waals surface area contributed by atoms with Crippen molar-refractivity contribution in [3.05, 3.63) is 59.4 Å². The van der Waals surface area contributed by atoms with Crippen LogP contribution in [0.15, 0.2) is 42.5 Å². The number of halogens is 1. The number of carbonyl (C=O) groups excluding carboxylic acids is 2. The van der Waals surface area contributed by atoms with Gasteiger partial charge >= 0.3 is 12.0 Å². The molecule has 1 atom stereocenters. The van der Waals surface area contributed by atoms with Gasteiger partial charge in [-0.3, -0.25) is 0 Å². The highest BCUT2D eigenvalue weighted by molar-refractivity contribution is 5.84. The van der Waals surface area contributed by atoms with Crippen LogP contribution < -0.4 is 5.32 Å². The molecule has 154 valence electrons. The molecule has 0 unspecified atom stereocenters. The molecule has 1 aliphatic rings. The second kappa shape index (κ2) is 8.81. The van der Waals surface area contributed by atoms with Crippen molar-refractivity contribution in [2.24, 2.45) is 0 Å². The first kappa shape index (κ1) is 20.4. The minimum atomic E-state index is -1.04. The van der Waals surface area contributed by atoms with Gasteiger partial charge in [0.05, 0.1) is 7.11 Å². The lowest BCUT2D eigenvalue weighted by Gasteiger charge is -2.33. The van der Waals surface area contributed by atoms with Gasteiger partial charge in [-0.1, -0.05) is 18.2 Å². The predicted molar refractivity (Wildman–Crippen MR) is 103 cm³/mol. The topological polar surface area (TPSA) is 99.1 Å². The number of rotatable bonds is 4. The minimum Gasteiger partial charge on any atom is -0.508 e. The maximum Gasteiger partial charge on any atom is 0.333 e. The summed E-state index contributed by atoms with van der Waals surface area (Å²) >= 11 is 0. The molecule has 0 aliphatic carbocycles. The quantitative estimate of drug-likeness (QED) is 0.683. The van der Waals surface area contributed by atoms with Crippen molar-refractivity contribution >= 4 is 12.0 Å². The SMILES string of the molecule is COC(=O)[C@@H](NC(=O)N1CCC(c2ccc(O)cc2O)CC1)c1ccc(F)cc1. The molecule has 3 rings (SSSR count). The number of likely N-dealkylation sites (tertiary alicyclic amines) is 1. The van der Waals surface area contributed by atoms with Crippen molar-refractivity contribution in [1.82, 2.24) is 10.2 Å². The van der Waals surface area contributed by atoms with E-state index in [4.69, 9.17) is 4.74 Å². The molecule has 0 bridgehead atoms. The van der Waals surface area contributed by atoms with Crippen LogP contribution in [0.1, 0.15) is 35.9 Å². The highest BCUT2D eigenvalue weighted by Gasteiger charge is 2.29. The Kier molecular flexibility index (Phi) is 6.21. The zero-order valence-electron chi connectivity index (χ0n) is 16.0. The van der Waals surface area contributed by atoms with Gasteiger partial charge in [0.15, 0.2) is 6.04 Å². The lowest BCUT2D eigenvalue weighted by molar-refractivity contribution is -0.143. The van der Waals surface area contributed by atoms with E-state index in [1.165, 1.54) is 43.5 Å². The van der Waals surface area contributed by atoms with Crippen LogP contribution in [0.4, 0.5) is 9.18 Å². The van der Waals surface area contributed by atoms with Crippen LogP contribution in [0.5, 0.6) is 11.5 Å². The van der Waals surface area contributed by atoms with Gasteiger partial charge in [0.1, 0.15) is 17.3 Å². The largest absolute Gasteiger partial charge is 0.508 e. The molecule has 1 saturated heterocycles. The number of esters is 1. The molecule has 2 amide bonds. The number of aromatic hydroxyl groups is 2. The van der Waals surface area contributed by atoms with E-state index in [-0.39, 0.29) is 17.4 Å². The smallest absolute Gasteiger partial charge is 0.333 e. The summed E-state index contributed by atoms with van der Waals surface area (Å²) in [6.45, 7) is 0.877. The maximum absolute atomic E-state index is 13.2. The van der Waals surface area contributed by atoms with E-state index in [9.17, 15) is 24.2 Å². The maximum atomic E-state index is 13.2. The second-order valence-electron chi connectivity index (χ2n) is 6.96. The van der Waals surface area contributed by atoms with E-state index < -0.39 is 23.9 Å². The van der Waals surface area contributed by atoms with Gasteiger partial charge in [0.2, 0.25) is 0 Å². The Balaban J connectivity index is 1.64. The molecule has 3 N–H and O–H groups in total. The van der Waals surface area contributed by atoms with Crippen molar-refractivity contribution in [3.8, 4) is 11.5 Å². The molecule has 2 aromatic carbocycles. The van der Waals surface area contributed by atoms with E-state index in [2.05, 4.69) is 5.32 Å². The Bertz CT molecular complexity index is 879. The van der Waals surface area contributed by atoms with Gasteiger partial charge in [-0.05, 0) is 48.1 Å². The van der Waals surface area contributed by atoms with Crippen LogP contribution in [0.3, 0.4) is 0 Å². The Hall–Kier alpha value is -3.29. The van der Waals surface area contributed by atoms with E-state index in [1.54, 1.807) is 11.0 Å². The van der Waals surface area contributed by atoms with Crippen molar-refractivity contribution in [3.63, 3.8) is 0 Å². The number of nitrogens with zero attached hydrogens (tertiary/aromatic N) is 1. The third kappa shape index (κ3) is 4.77. The van der Waals surface area contributed by atoms with E-state index >= 15 is 0 Å². The molecule has 0 radical (unpaired) electrons. The van der Waals surface area contributed by atoms with Gasteiger partial charge in [0, 0.05) is 19.2 Å². The monoisotopic (exact) mass is 402 g/mol. The van der Waals surface area contributed by atoms with Crippen LogP contribution in [0, 0.1) is 5.82 Å². The molecular formula is C21H23FN2O5. The van der Waals surface area contributed by atoms with Gasteiger partial charge in [0.25, 0.3) is 0 Å². The number of piperidine rings is 1. The van der Waals surface area contributed by atoms with Gasteiger partial charge in [-0.15, -0.1) is 0 Å². The third-order valence-corrected chi connectivity index (χ3v) is 5.14. The number of ether oxygens (including phenoxy) is 1. The Morgan fingerprint density at radius 2 is 1.79 bits per heavy atom. The zero-order chi connectivity index (χ0) is 21.0. The Labute approximate surface area is 167 Å². The van der Waals surface area contributed by atoms with Crippen molar-refractivity contribution in [2.75, 3.05) is 20.2 Å². The molecule has 7 nitrogen and oxygen atoms in total. The first-order chi connectivity index (χ1) is 13.9. The van der Waals surface area contributed by atoms with E-state index in [1.807, 2.05) is 0 Å². The lowest BCUT2D eigenvalue weighted by atomic mass is 9.89. The molecule has 8 heteroatoms. The van der Waals surface area contributed by atoms with E-state index in [0.29, 0.717) is 31.5 Å². The molecule has 0 aromatic heterocycles. The first-order valence-corrected chi connectivity index (χ1v) is 9.29. The van der Waals surface area contributed by atoms with Crippen LogP contribution >= 0.6 is 0 Å². The van der Waals surface area contributed by atoms with Crippen LogP contribution in [-0.4, -0.2) is 47.3 Å². The molecule has 1 fully saturated rings. The number of hydrogen-bond acceptors (Lipinski definition) is 5. The number of urea groups is 1. The van der Waals surface area contributed by atoms with Crippen LogP contribution in [-0.2, 0) is 9.53 Å². The average molecular weight is 402 g/mol. The Morgan fingerprint density at radius 1 is 1.14 bits per heavy atom. The van der Waals surface area contributed by atoms with Gasteiger partial charge in [-0.25, -0.2) is 14.0 Å². The number of hydrogen-bond donors (Lipinski definition) is 3. The zero-order valence-corrected chi connectivity index (χ0v) is 16.0. The number of benzene rings is 2. The summed E-state index contributed by atoms with van der Waals surface area (Å²) in [6, 6.07) is 8.35. The number of amides is 2. The third-order valence-electron chi connectivity index (χ3n) is 5.14. The summed E-state index contributed by atoms with van der Waals surface area (Å²) in [5.41, 5.74) is 1.16. The highest BCUT2D eigenvalue weighted by atomic mass is 19.1. The lowest BCUT2D eigenvalue weighted by Crippen LogP contribution is -2.47. The van der Waals surface area contributed by atoms with Crippen molar-refractivity contribution in [2.45, 2.75) is 24.8 Å². The normalized spacial score (nSPS) is 15.6. The molecule has 0 saturated carbocycles. The number of nitrogens with one attached hydrogen (secondary N) is 1. The van der Waals surface area contributed by atoms with Crippen molar-refractivity contribution in [1.29, 1.82) is 0 Å². The molecule has 1 heterocycles. The van der Waals surface area contributed by atoms with Gasteiger partial charge < -0.3 is 25.2 Å². The second-order valence-corrected chi connectivity index (χ2v) is 6.96. The fraction of sp³-hybridized carbons (Fsp3) is 0.333.